The summed E-state index contributed by atoms with van der Waals surface area (Å²) in [6.07, 6.45) is 16.3. The van der Waals surface area contributed by atoms with E-state index in [0.717, 1.165) is 12.8 Å². The topological polar surface area (TPSA) is 23.5 Å². The zero-order valence-corrected chi connectivity index (χ0v) is 15.7. The largest absolute Gasteiger partial charge is 0.393 e. The molecule has 0 bridgehead atoms. The van der Waals surface area contributed by atoms with Gasteiger partial charge in [-0.1, -0.05) is 78.1 Å². The zero-order valence-electron chi connectivity index (χ0n) is 15.7. The van der Waals surface area contributed by atoms with Crippen LogP contribution in [0.25, 0.3) is 0 Å². The molecule has 0 saturated heterocycles. The van der Waals surface area contributed by atoms with E-state index >= 15 is 0 Å². The third kappa shape index (κ3) is 28.7. The van der Waals surface area contributed by atoms with Gasteiger partial charge in [-0.25, -0.2) is 0 Å². The van der Waals surface area contributed by atoms with Gasteiger partial charge in [0.15, 0.2) is 0 Å². The van der Waals surface area contributed by atoms with Crippen LogP contribution in [0.3, 0.4) is 0 Å². The summed E-state index contributed by atoms with van der Waals surface area (Å²) in [5.74, 6) is 0. The first-order valence-corrected chi connectivity index (χ1v) is 9.37. The van der Waals surface area contributed by atoms with Crippen LogP contribution in [0.5, 0.6) is 0 Å². The Morgan fingerprint density at radius 2 is 1.14 bits per heavy atom. The fourth-order valence-corrected chi connectivity index (χ4v) is 2.33. The van der Waals surface area contributed by atoms with E-state index in [2.05, 4.69) is 32.8 Å². The van der Waals surface area contributed by atoms with Crippen molar-refractivity contribution < 1.29 is 5.11 Å². The van der Waals surface area contributed by atoms with Gasteiger partial charge in [0.1, 0.15) is 0 Å². The van der Waals surface area contributed by atoms with Gasteiger partial charge in [-0.3, -0.25) is 0 Å². The van der Waals surface area contributed by atoms with Crippen molar-refractivity contribution in [2.45, 2.75) is 104 Å². The Labute approximate surface area is 135 Å². The van der Waals surface area contributed by atoms with Crippen LogP contribution < -0.4 is 0 Å². The maximum Gasteiger partial charge on any atom is 0.0512 e. The molecule has 0 aliphatic carbocycles. The molecule has 0 aromatic carbocycles. The van der Waals surface area contributed by atoms with Crippen LogP contribution in [0.2, 0.25) is 0 Å². The first-order chi connectivity index (χ1) is 10.0. The number of unbranched alkanes of at least 4 members (excludes halogenated alkanes) is 9. The second kappa shape index (κ2) is 19.9. The van der Waals surface area contributed by atoms with Crippen LogP contribution in [0, 0.1) is 0 Å². The van der Waals surface area contributed by atoms with Gasteiger partial charge in [0.25, 0.3) is 0 Å². The highest BCUT2D eigenvalue weighted by atomic mass is 16.3. The number of nitrogens with zero attached hydrogens (tertiary/aromatic N) is 1. The van der Waals surface area contributed by atoms with Crippen molar-refractivity contribution >= 4 is 0 Å². The normalized spacial score (nSPS) is 12.1. The van der Waals surface area contributed by atoms with Gasteiger partial charge in [0.05, 0.1) is 6.10 Å². The number of hydrogen-bond acceptors (Lipinski definition) is 2. The highest BCUT2D eigenvalue weighted by Crippen LogP contribution is 2.10. The molecule has 0 spiro atoms. The molecule has 0 rings (SSSR count). The minimum Gasteiger partial charge on any atom is -0.393 e. The minimum absolute atomic E-state index is 0.102. The van der Waals surface area contributed by atoms with Gasteiger partial charge < -0.3 is 10.0 Å². The summed E-state index contributed by atoms with van der Waals surface area (Å²) in [7, 11) is 4.32. The van der Waals surface area contributed by atoms with Gasteiger partial charge in [0.2, 0.25) is 0 Å². The molecule has 21 heavy (non-hydrogen) atoms. The lowest BCUT2D eigenvalue weighted by atomic mass is 10.1. The molecule has 1 unspecified atom stereocenters. The van der Waals surface area contributed by atoms with E-state index in [1.807, 2.05) is 6.92 Å². The summed E-state index contributed by atoms with van der Waals surface area (Å²) in [4.78, 5) is 2.28. The van der Waals surface area contributed by atoms with E-state index in [1.54, 1.807) is 0 Å². The molecule has 0 heterocycles. The van der Waals surface area contributed by atoms with E-state index in [9.17, 15) is 0 Å². The molecule has 2 heteroatoms. The highest BCUT2D eigenvalue weighted by molar-refractivity contribution is 4.49. The second-order valence-electron chi connectivity index (χ2n) is 6.62. The van der Waals surface area contributed by atoms with E-state index < -0.39 is 0 Å². The van der Waals surface area contributed by atoms with Gasteiger partial charge in [-0.15, -0.1) is 0 Å². The zero-order chi connectivity index (χ0) is 16.3. The molecule has 0 radical (unpaired) electrons. The summed E-state index contributed by atoms with van der Waals surface area (Å²) < 4.78 is 0. The number of aliphatic hydroxyl groups is 1. The summed E-state index contributed by atoms with van der Waals surface area (Å²) in [6.45, 7) is 7.41. The Morgan fingerprint density at radius 3 is 1.43 bits per heavy atom. The average Bonchev–Trinajstić information content (AvgIpc) is 2.41. The third-order valence-electron chi connectivity index (χ3n) is 3.67. The summed E-state index contributed by atoms with van der Waals surface area (Å²) in [5, 5.41) is 8.55. The molecule has 1 N–H and O–H groups in total. The van der Waals surface area contributed by atoms with E-state index in [4.69, 9.17) is 5.11 Å². The maximum absolute atomic E-state index is 8.55. The lowest BCUT2D eigenvalue weighted by Gasteiger charge is -2.08. The van der Waals surface area contributed by atoms with Crippen LogP contribution >= 0.6 is 0 Å². The molecule has 0 aromatic rings. The molecule has 0 aliphatic heterocycles. The van der Waals surface area contributed by atoms with Gasteiger partial charge in [-0.2, -0.15) is 0 Å². The molecule has 1 atom stereocenters. The first kappa shape index (κ1) is 23.2. The maximum atomic E-state index is 8.55. The standard InChI is InChI=1S/C14H31N.C5H12O/c1-4-5-6-7-8-9-10-11-12-13-14-15(2)3;1-3-4-5(2)6/h4-14H2,1-3H3;5-6H,3-4H2,1-2H3. The number of hydrogen-bond donors (Lipinski definition) is 1. The van der Waals surface area contributed by atoms with Gasteiger partial charge in [0, 0.05) is 0 Å². The smallest absolute Gasteiger partial charge is 0.0512 e. The Morgan fingerprint density at radius 1 is 0.714 bits per heavy atom. The van der Waals surface area contributed by atoms with Crippen molar-refractivity contribution in [2.24, 2.45) is 0 Å². The lowest BCUT2D eigenvalue weighted by Crippen LogP contribution is -2.12. The van der Waals surface area contributed by atoms with Gasteiger partial charge in [-0.05, 0) is 40.4 Å². The highest BCUT2D eigenvalue weighted by Gasteiger charge is 1.93. The molecular weight excluding hydrogens is 258 g/mol. The summed E-state index contributed by atoms with van der Waals surface area (Å²) in [5.41, 5.74) is 0. The molecule has 0 saturated carbocycles. The summed E-state index contributed by atoms with van der Waals surface area (Å²) in [6, 6.07) is 0. The predicted molar refractivity (Wildman–Crippen MR) is 97.0 cm³/mol. The van der Waals surface area contributed by atoms with Crippen molar-refractivity contribution in [1.82, 2.24) is 4.90 Å². The van der Waals surface area contributed by atoms with Crippen LogP contribution in [0.1, 0.15) is 97.8 Å². The molecule has 2 nitrogen and oxygen atoms in total. The quantitative estimate of drug-likeness (QED) is 0.445. The molecule has 0 aliphatic rings. The van der Waals surface area contributed by atoms with Crippen LogP contribution in [-0.2, 0) is 0 Å². The fourth-order valence-electron chi connectivity index (χ4n) is 2.33. The minimum atomic E-state index is -0.102. The molecule has 130 valence electrons. The Hall–Kier alpha value is -0.0800. The predicted octanol–water partition coefficient (Wildman–Crippen LogP) is 5.64. The van der Waals surface area contributed by atoms with Crippen molar-refractivity contribution in [2.75, 3.05) is 20.6 Å². The first-order valence-electron chi connectivity index (χ1n) is 9.37. The Bertz CT molecular complexity index is 169. The molecule has 0 amide bonds. The van der Waals surface area contributed by atoms with Crippen molar-refractivity contribution in [3.8, 4) is 0 Å². The van der Waals surface area contributed by atoms with Crippen LogP contribution in [-0.4, -0.2) is 36.8 Å². The molecule has 0 fully saturated rings. The fraction of sp³-hybridized carbons (Fsp3) is 1.00. The van der Waals surface area contributed by atoms with Crippen LogP contribution in [0.15, 0.2) is 0 Å². The van der Waals surface area contributed by atoms with Gasteiger partial charge >= 0.3 is 0 Å². The monoisotopic (exact) mass is 301 g/mol. The number of aliphatic hydroxyl groups excluding tert-OH is 1. The Kier molecular flexibility index (Phi) is 22.0. The third-order valence-corrected chi connectivity index (χ3v) is 3.67. The van der Waals surface area contributed by atoms with E-state index in [-0.39, 0.29) is 6.10 Å². The van der Waals surface area contributed by atoms with Crippen molar-refractivity contribution in [1.29, 1.82) is 0 Å². The number of rotatable bonds is 13. The lowest BCUT2D eigenvalue weighted by molar-refractivity contribution is 0.183. The second-order valence-corrected chi connectivity index (χ2v) is 6.62. The van der Waals surface area contributed by atoms with Crippen LogP contribution in [0.4, 0.5) is 0 Å². The van der Waals surface area contributed by atoms with E-state index in [0.29, 0.717) is 0 Å². The van der Waals surface area contributed by atoms with E-state index in [1.165, 1.54) is 70.8 Å². The SMILES string of the molecule is CCCC(C)O.CCCCCCCCCCCCN(C)C. The Balaban J connectivity index is 0. The average molecular weight is 302 g/mol. The van der Waals surface area contributed by atoms with Crippen molar-refractivity contribution in [3.63, 3.8) is 0 Å². The molecule has 0 aromatic heterocycles. The molecular formula is C19H43NO. The van der Waals surface area contributed by atoms with Crippen molar-refractivity contribution in [3.05, 3.63) is 0 Å². The summed E-state index contributed by atoms with van der Waals surface area (Å²) >= 11 is 0.